The Morgan fingerprint density at radius 2 is 2.09 bits per heavy atom. The first-order valence-corrected chi connectivity index (χ1v) is 7.47. The predicted molar refractivity (Wildman–Crippen MR) is 84.3 cm³/mol. The van der Waals surface area contributed by atoms with Crippen molar-refractivity contribution in [2.75, 3.05) is 12.3 Å². The maximum atomic E-state index is 11.6. The molecule has 0 aliphatic heterocycles. The number of aromatic nitrogens is 3. The molecule has 0 spiro atoms. The molecule has 7 nitrogen and oxygen atoms in total. The first kappa shape index (κ1) is 15.8. The van der Waals surface area contributed by atoms with Crippen molar-refractivity contribution < 1.29 is 9.59 Å². The molecule has 0 saturated carbocycles. The van der Waals surface area contributed by atoms with E-state index in [9.17, 15) is 9.59 Å². The molecule has 0 fully saturated rings. The third-order valence-corrected chi connectivity index (χ3v) is 3.35. The molecule has 0 saturated heterocycles. The Balaban J connectivity index is 1.82. The Kier molecular flexibility index (Phi) is 5.73. The minimum absolute atomic E-state index is 0.0492. The van der Waals surface area contributed by atoms with Crippen molar-refractivity contribution >= 4 is 23.7 Å². The normalized spacial score (nSPS) is 10.0. The van der Waals surface area contributed by atoms with E-state index in [1.807, 2.05) is 30.3 Å². The van der Waals surface area contributed by atoms with Crippen LogP contribution < -0.4 is 10.6 Å². The lowest BCUT2D eigenvalue weighted by Gasteiger charge is -2.03. The average molecular weight is 317 g/mol. The van der Waals surface area contributed by atoms with E-state index in [1.165, 1.54) is 6.08 Å². The number of imide groups is 1. The van der Waals surface area contributed by atoms with Crippen LogP contribution >= 0.6 is 11.8 Å². The van der Waals surface area contributed by atoms with Gasteiger partial charge in [-0.3, -0.25) is 15.2 Å². The van der Waals surface area contributed by atoms with Crippen LogP contribution in [0.2, 0.25) is 0 Å². The Bertz CT molecular complexity index is 656. The fourth-order valence-electron chi connectivity index (χ4n) is 1.54. The van der Waals surface area contributed by atoms with Gasteiger partial charge in [0.15, 0.2) is 5.82 Å². The molecule has 0 bridgehead atoms. The summed E-state index contributed by atoms with van der Waals surface area (Å²) in [5, 5.41) is 11.9. The van der Waals surface area contributed by atoms with Crippen LogP contribution in [0.25, 0.3) is 11.4 Å². The minimum atomic E-state index is -0.550. The lowest BCUT2D eigenvalue weighted by atomic mass is 10.2. The summed E-state index contributed by atoms with van der Waals surface area (Å²) in [6.45, 7) is 3.76. The molecule has 8 heteroatoms. The number of carbonyl (C=O) groups excluding carboxylic acids is 2. The average Bonchev–Trinajstić information content (AvgIpc) is 3.01. The van der Waals surface area contributed by atoms with Gasteiger partial charge in [0.25, 0.3) is 0 Å². The second-order valence-electron chi connectivity index (χ2n) is 4.17. The standard InChI is InChI=1S/C14H15N5O2S/c1-2-8-15-13(21)16-11(20)9-22-14-17-12(18-19-14)10-6-4-3-5-7-10/h2-7H,1,8-9H2,(H,17,18,19)(H2,15,16,20,21). The van der Waals surface area contributed by atoms with Gasteiger partial charge in [0.05, 0.1) is 5.75 Å². The second-order valence-corrected chi connectivity index (χ2v) is 5.11. The van der Waals surface area contributed by atoms with E-state index in [0.717, 1.165) is 17.3 Å². The van der Waals surface area contributed by atoms with E-state index in [2.05, 4.69) is 32.4 Å². The zero-order chi connectivity index (χ0) is 15.8. The van der Waals surface area contributed by atoms with Gasteiger partial charge in [0.2, 0.25) is 11.1 Å². The fourth-order valence-corrected chi connectivity index (χ4v) is 2.14. The smallest absolute Gasteiger partial charge is 0.321 e. The monoisotopic (exact) mass is 317 g/mol. The molecule has 3 amide bonds. The first-order chi connectivity index (χ1) is 10.7. The van der Waals surface area contributed by atoms with Gasteiger partial charge in [0.1, 0.15) is 0 Å². The van der Waals surface area contributed by atoms with Crippen LogP contribution in [0.1, 0.15) is 0 Å². The van der Waals surface area contributed by atoms with E-state index >= 15 is 0 Å². The van der Waals surface area contributed by atoms with Gasteiger partial charge in [-0.2, -0.15) is 0 Å². The van der Waals surface area contributed by atoms with Gasteiger partial charge >= 0.3 is 6.03 Å². The van der Waals surface area contributed by atoms with Gasteiger partial charge in [-0.1, -0.05) is 48.2 Å². The molecule has 1 heterocycles. The van der Waals surface area contributed by atoms with Crippen molar-refractivity contribution in [3.63, 3.8) is 0 Å². The van der Waals surface area contributed by atoms with Gasteiger partial charge in [-0.05, 0) is 0 Å². The topological polar surface area (TPSA) is 99.8 Å². The number of nitrogens with one attached hydrogen (secondary N) is 3. The Hall–Kier alpha value is -2.61. The van der Waals surface area contributed by atoms with Crippen LogP contribution in [0.5, 0.6) is 0 Å². The van der Waals surface area contributed by atoms with Gasteiger partial charge in [-0.15, -0.1) is 11.7 Å². The van der Waals surface area contributed by atoms with E-state index in [0.29, 0.717) is 17.5 Å². The van der Waals surface area contributed by atoms with Gasteiger partial charge in [-0.25, -0.2) is 9.78 Å². The number of aromatic amines is 1. The summed E-state index contributed by atoms with van der Waals surface area (Å²) >= 11 is 1.14. The Morgan fingerprint density at radius 3 is 2.82 bits per heavy atom. The molecule has 0 aliphatic rings. The molecule has 22 heavy (non-hydrogen) atoms. The summed E-state index contributed by atoms with van der Waals surface area (Å²) in [6, 6.07) is 8.99. The molecule has 0 unspecified atom stereocenters. The Morgan fingerprint density at radius 1 is 1.32 bits per heavy atom. The first-order valence-electron chi connectivity index (χ1n) is 6.48. The number of H-pyrrole nitrogens is 1. The number of carbonyl (C=O) groups is 2. The van der Waals surface area contributed by atoms with E-state index < -0.39 is 11.9 Å². The fraction of sp³-hybridized carbons (Fsp3) is 0.143. The lowest BCUT2D eigenvalue weighted by Crippen LogP contribution is -2.40. The van der Waals surface area contributed by atoms with Crippen LogP contribution in [0, 0.1) is 0 Å². The highest BCUT2D eigenvalue weighted by Gasteiger charge is 2.10. The van der Waals surface area contributed by atoms with Crippen molar-refractivity contribution in [1.82, 2.24) is 25.8 Å². The van der Waals surface area contributed by atoms with Gasteiger partial charge < -0.3 is 5.32 Å². The summed E-state index contributed by atoms with van der Waals surface area (Å²) in [5.41, 5.74) is 0.912. The largest absolute Gasteiger partial charge is 0.334 e. The lowest BCUT2D eigenvalue weighted by molar-refractivity contribution is -0.117. The number of hydrogen-bond donors (Lipinski definition) is 3. The van der Waals surface area contributed by atoms with Crippen LogP contribution in [-0.2, 0) is 4.79 Å². The van der Waals surface area contributed by atoms with E-state index in [1.54, 1.807) is 0 Å². The number of amides is 3. The van der Waals surface area contributed by atoms with Crippen LogP contribution in [-0.4, -0.2) is 39.4 Å². The highest BCUT2D eigenvalue weighted by atomic mass is 32.2. The van der Waals surface area contributed by atoms with Crippen molar-refractivity contribution in [3.05, 3.63) is 43.0 Å². The molecule has 1 aromatic heterocycles. The van der Waals surface area contributed by atoms with Crippen molar-refractivity contribution in [2.24, 2.45) is 0 Å². The number of benzene rings is 1. The molecule has 114 valence electrons. The molecule has 2 aromatic rings. The van der Waals surface area contributed by atoms with E-state index in [4.69, 9.17) is 0 Å². The number of nitrogens with zero attached hydrogens (tertiary/aromatic N) is 2. The molecular formula is C14H15N5O2S. The van der Waals surface area contributed by atoms with Crippen LogP contribution in [0.4, 0.5) is 4.79 Å². The molecule has 1 aromatic carbocycles. The highest BCUT2D eigenvalue weighted by molar-refractivity contribution is 7.99. The SMILES string of the molecule is C=CCNC(=O)NC(=O)CSc1n[nH]c(-c2ccccc2)n1. The van der Waals surface area contributed by atoms with Crippen molar-refractivity contribution in [2.45, 2.75) is 5.16 Å². The number of hydrogen-bond acceptors (Lipinski definition) is 5. The number of urea groups is 1. The molecule has 0 aliphatic carbocycles. The van der Waals surface area contributed by atoms with Crippen LogP contribution in [0.3, 0.4) is 0 Å². The summed E-state index contributed by atoms with van der Waals surface area (Å²) in [7, 11) is 0. The van der Waals surface area contributed by atoms with Crippen molar-refractivity contribution in [3.8, 4) is 11.4 Å². The summed E-state index contributed by atoms with van der Waals surface area (Å²) in [5.74, 6) is 0.262. The summed E-state index contributed by atoms with van der Waals surface area (Å²) in [6.07, 6.45) is 1.53. The van der Waals surface area contributed by atoms with Crippen LogP contribution in [0.15, 0.2) is 48.1 Å². The molecule has 2 rings (SSSR count). The third-order valence-electron chi connectivity index (χ3n) is 2.50. The predicted octanol–water partition coefficient (Wildman–Crippen LogP) is 1.58. The molecule has 0 atom stereocenters. The zero-order valence-electron chi connectivity index (χ0n) is 11.7. The highest BCUT2D eigenvalue weighted by Crippen LogP contribution is 2.18. The van der Waals surface area contributed by atoms with Crippen molar-refractivity contribution in [1.29, 1.82) is 0 Å². The maximum Gasteiger partial charge on any atom is 0.321 e. The number of thioether (sulfide) groups is 1. The minimum Gasteiger partial charge on any atom is -0.334 e. The maximum absolute atomic E-state index is 11.6. The quantitative estimate of drug-likeness (QED) is 0.555. The molecule has 0 radical (unpaired) electrons. The van der Waals surface area contributed by atoms with E-state index in [-0.39, 0.29) is 5.75 Å². The second kappa shape index (κ2) is 7.99. The van der Waals surface area contributed by atoms with Gasteiger partial charge in [0, 0.05) is 12.1 Å². The summed E-state index contributed by atoms with van der Waals surface area (Å²) in [4.78, 5) is 27.1. The zero-order valence-corrected chi connectivity index (χ0v) is 12.5. The number of rotatable bonds is 6. The Labute approximate surface area is 131 Å². The third kappa shape index (κ3) is 4.74. The summed E-state index contributed by atoms with van der Waals surface area (Å²) < 4.78 is 0. The molecule has 3 N–H and O–H groups in total. The molecular weight excluding hydrogens is 302 g/mol.